The van der Waals surface area contributed by atoms with Gasteiger partial charge >= 0.3 is 5.97 Å². The lowest BCUT2D eigenvalue weighted by atomic mass is 10.0. The summed E-state index contributed by atoms with van der Waals surface area (Å²) in [5.74, 6) is -1.17. The second-order valence-corrected chi connectivity index (χ2v) is 5.80. The molecule has 3 rings (SSSR count). The van der Waals surface area contributed by atoms with Crippen molar-refractivity contribution in [3.63, 3.8) is 0 Å². The van der Waals surface area contributed by atoms with Gasteiger partial charge in [0.05, 0.1) is 30.7 Å². The second kappa shape index (κ2) is 7.90. The average molecular weight is 371 g/mol. The molecular weight excluding hydrogens is 353 g/mol. The highest BCUT2D eigenvalue weighted by Crippen LogP contribution is 2.30. The van der Waals surface area contributed by atoms with E-state index >= 15 is 0 Å². The quantitative estimate of drug-likeness (QED) is 0.490. The Morgan fingerprint density at radius 3 is 2.78 bits per heavy atom. The number of H-pyrrole nitrogens is 1. The number of aromatic nitrogens is 1. The maximum Gasteiger partial charge on any atom is 0.309 e. The van der Waals surface area contributed by atoms with E-state index in [1.807, 2.05) is 0 Å². The van der Waals surface area contributed by atoms with Gasteiger partial charge in [-0.15, -0.1) is 0 Å². The zero-order valence-electron chi connectivity index (χ0n) is 14.6. The fraction of sp³-hybridized carbons (Fsp3) is 0.200. The van der Waals surface area contributed by atoms with E-state index in [0.717, 1.165) is 0 Å². The first-order valence-electron chi connectivity index (χ1n) is 8.43. The number of rotatable bonds is 7. The zero-order chi connectivity index (χ0) is 19.4. The van der Waals surface area contributed by atoms with Gasteiger partial charge in [-0.3, -0.25) is 9.59 Å². The van der Waals surface area contributed by atoms with E-state index in [9.17, 15) is 19.1 Å². The van der Waals surface area contributed by atoms with Gasteiger partial charge in [-0.05, 0) is 37.3 Å². The molecule has 27 heavy (non-hydrogen) atoms. The molecular formula is C20H18FNO5. The van der Waals surface area contributed by atoms with Gasteiger partial charge in [-0.1, -0.05) is 12.1 Å². The molecule has 140 valence electrons. The fourth-order valence-electron chi connectivity index (χ4n) is 2.74. The third kappa shape index (κ3) is 4.08. The number of hydrogen-bond acceptors (Lipinski definition) is 5. The van der Waals surface area contributed by atoms with Gasteiger partial charge in [0.15, 0.2) is 5.78 Å². The zero-order valence-corrected chi connectivity index (χ0v) is 14.6. The van der Waals surface area contributed by atoms with Gasteiger partial charge in [-0.25, -0.2) is 4.39 Å². The van der Waals surface area contributed by atoms with Crippen molar-refractivity contribution < 1.29 is 28.6 Å². The molecule has 1 heterocycles. The largest absolute Gasteiger partial charge is 0.494 e. The highest BCUT2D eigenvalue weighted by atomic mass is 19.1. The summed E-state index contributed by atoms with van der Waals surface area (Å²) >= 11 is 0. The van der Waals surface area contributed by atoms with Crippen molar-refractivity contribution in [1.82, 2.24) is 4.98 Å². The molecule has 0 radical (unpaired) electrons. The van der Waals surface area contributed by atoms with E-state index in [4.69, 9.17) is 9.47 Å². The molecule has 0 fully saturated rings. The van der Waals surface area contributed by atoms with Crippen molar-refractivity contribution in [2.24, 2.45) is 0 Å². The minimum atomic E-state index is -0.472. The third-order valence-corrected chi connectivity index (χ3v) is 3.94. The standard InChI is InChI=1S/C20H18FNO5/c1-2-26-17(23)8-9-27-14-5-3-4-12(10-14)19(24)18-15-7-6-13(21)11-16(15)22-20(18)25/h3-7,10-11,22,25H,2,8-9H2,1H3. The predicted octanol–water partition coefficient (Wildman–Crippen LogP) is 3.58. The summed E-state index contributed by atoms with van der Waals surface area (Å²) in [6.45, 7) is 2.15. The van der Waals surface area contributed by atoms with E-state index in [2.05, 4.69) is 4.98 Å². The molecule has 3 aromatic rings. The molecule has 0 bridgehead atoms. The molecule has 1 aromatic heterocycles. The van der Waals surface area contributed by atoms with E-state index in [1.165, 1.54) is 24.3 Å². The average Bonchev–Trinajstić information content (AvgIpc) is 2.96. The van der Waals surface area contributed by atoms with Gasteiger partial charge in [0, 0.05) is 10.9 Å². The van der Waals surface area contributed by atoms with Gasteiger partial charge in [0.1, 0.15) is 11.6 Å². The van der Waals surface area contributed by atoms with Crippen molar-refractivity contribution in [2.45, 2.75) is 13.3 Å². The Morgan fingerprint density at radius 2 is 2.00 bits per heavy atom. The molecule has 0 amide bonds. The minimum Gasteiger partial charge on any atom is -0.494 e. The van der Waals surface area contributed by atoms with Crippen LogP contribution in [0.2, 0.25) is 0 Å². The van der Waals surface area contributed by atoms with Gasteiger partial charge in [-0.2, -0.15) is 0 Å². The molecule has 0 aliphatic rings. The summed E-state index contributed by atoms with van der Waals surface area (Å²) < 4.78 is 23.7. The topological polar surface area (TPSA) is 88.6 Å². The van der Waals surface area contributed by atoms with Crippen LogP contribution >= 0.6 is 0 Å². The lowest BCUT2D eigenvalue weighted by Gasteiger charge is -2.08. The number of ketones is 1. The van der Waals surface area contributed by atoms with Gasteiger partial charge in [0.2, 0.25) is 5.88 Å². The Labute approximate surface area is 154 Å². The van der Waals surface area contributed by atoms with Crippen LogP contribution in [-0.4, -0.2) is 35.1 Å². The van der Waals surface area contributed by atoms with Crippen LogP contribution in [0, 0.1) is 5.82 Å². The Kier molecular flexibility index (Phi) is 5.40. The Bertz CT molecular complexity index is 995. The molecule has 0 atom stereocenters. The summed E-state index contributed by atoms with van der Waals surface area (Å²) in [5.41, 5.74) is 0.690. The number of carbonyl (C=O) groups excluding carboxylic acids is 2. The monoisotopic (exact) mass is 371 g/mol. The van der Waals surface area contributed by atoms with Crippen molar-refractivity contribution in [3.8, 4) is 11.6 Å². The van der Waals surface area contributed by atoms with Crippen LogP contribution in [0.3, 0.4) is 0 Å². The van der Waals surface area contributed by atoms with Crippen molar-refractivity contribution >= 4 is 22.7 Å². The van der Waals surface area contributed by atoms with E-state index in [0.29, 0.717) is 28.8 Å². The summed E-state index contributed by atoms with van der Waals surface area (Å²) in [6, 6.07) is 10.3. The SMILES string of the molecule is CCOC(=O)CCOc1cccc(C(=O)c2c(O)[nH]c3cc(F)ccc23)c1. The van der Waals surface area contributed by atoms with E-state index in [1.54, 1.807) is 25.1 Å². The number of fused-ring (bicyclic) bond motifs is 1. The van der Waals surface area contributed by atoms with Crippen LogP contribution in [0.5, 0.6) is 11.6 Å². The molecule has 0 saturated heterocycles. The maximum atomic E-state index is 13.3. The molecule has 0 saturated carbocycles. The minimum absolute atomic E-state index is 0.0636. The van der Waals surface area contributed by atoms with Crippen LogP contribution in [0.15, 0.2) is 42.5 Å². The number of aromatic amines is 1. The molecule has 6 nitrogen and oxygen atoms in total. The van der Waals surface area contributed by atoms with Crippen LogP contribution in [0.25, 0.3) is 10.9 Å². The molecule has 2 aromatic carbocycles. The van der Waals surface area contributed by atoms with Crippen LogP contribution < -0.4 is 4.74 Å². The van der Waals surface area contributed by atoms with Crippen LogP contribution in [0.4, 0.5) is 4.39 Å². The first-order valence-corrected chi connectivity index (χ1v) is 8.43. The van der Waals surface area contributed by atoms with Crippen molar-refractivity contribution in [1.29, 1.82) is 0 Å². The van der Waals surface area contributed by atoms with Gasteiger partial charge in [0.25, 0.3) is 0 Å². The number of benzene rings is 2. The summed E-state index contributed by atoms with van der Waals surface area (Å²) in [6.07, 6.45) is 0.0980. The van der Waals surface area contributed by atoms with E-state index in [-0.39, 0.29) is 30.4 Å². The smallest absolute Gasteiger partial charge is 0.309 e. The maximum absolute atomic E-state index is 13.3. The number of halogens is 1. The van der Waals surface area contributed by atoms with Crippen molar-refractivity contribution in [3.05, 3.63) is 59.4 Å². The highest BCUT2D eigenvalue weighted by Gasteiger charge is 2.20. The Hall–Kier alpha value is -3.35. The first kappa shape index (κ1) is 18.4. The molecule has 0 unspecified atom stereocenters. The highest BCUT2D eigenvalue weighted by molar-refractivity contribution is 6.18. The fourth-order valence-corrected chi connectivity index (χ4v) is 2.74. The summed E-state index contributed by atoms with van der Waals surface area (Å²) in [7, 11) is 0. The molecule has 2 N–H and O–H groups in total. The number of hydrogen-bond donors (Lipinski definition) is 2. The normalized spacial score (nSPS) is 10.7. The lowest BCUT2D eigenvalue weighted by Crippen LogP contribution is -2.10. The van der Waals surface area contributed by atoms with Crippen LogP contribution in [-0.2, 0) is 9.53 Å². The predicted molar refractivity (Wildman–Crippen MR) is 96.5 cm³/mol. The molecule has 7 heteroatoms. The third-order valence-electron chi connectivity index (χ3n) is 3.94. The molecule has 0 aliphatic carbocycles. The van der Waals surface area contributed by atoms with Crippen LogP contribution in [0.1, 0.15) is 29.3 Å². The number of esters is 1. The second-order valence-electron chi connectivity index (χ2n) is 5.80. The van der Waals surface area contributed by atoms with E-state index < -0.39 is 11.6 Å². The lowest BCUT2D eigenvalue weighted by molar-refractivity contribution is -0.143. The Morgan fingerprint density at radius 1 is 1.19 bits per heavy atom. The Balaban J connectivity index is 1.80. The van der Waals surface area contributed by atoms with Gasteiger partial charge < -0.3 is 19.6 Å². The number of ether oxygens (including phenoxy) is 2. The number of aromatic hydroxyl groups is 1. The first-order chi connectivity index (χ1) is 13.0. The van der Waals surface area contributed by atoms with Crippen molar-refractivity contribution in [2.75, 3.05) is 13.2 Å². The summed E-state index contributed by atoms with van der Waals surface area (Å²) in [5, 5.41) is 10.5. The summed E-state index contributed by atoms with van der Waals surface area (Å²) in [4.78, 5) is 26.8. The molecule has 0 aliphatic heterocycles. The molecule has 0 spiro atoms. The number of nitrogens with one attached hydrogen (secondary N) is 1. The number of carbonyl (C=O) groups is 2.